The third-order valence-electron chi connectivity index (χ3n) is 3.09. The summed E-state index contributed by atoms with van der Waals surface area (Å²) in [5.41, 5.74) is 1.07. The first-order valence-electron chi connectivity index (χ1n) is 6.91. The Bertz CT molecular complexity index is 743. The SMILES string of the molecule is CCOC(=O)C(=O)Cc1cc(-c2ccccc2)ncc1[N+](=O)[O-]. The zero-order chi connectivity index (χ0) is 16.8. The molecule has 0 unspecified atom stereocenters. The summed E-state index contributed by atoms with van der Waals surface area (Å²) >= 11 is 0. The molecule has 1 aromatic carbocycles. The molecule has 23 heavy (non-hydrogen) atoms. The Morgan fingerprint density at radius 3 is 2.57 bits per heavy atom. The summed E-state index contributed by atoms with van der Waals surface area (Å²) in [5.74, 6) is -1.83. The summed E-state index contributed by atoms with van der Waals surface area (Å²) in [5, 5.41) is 11.1. The number of esters is 1. The molecule has 118 valence electrons. The Labute approximate surface area is 132 Å². The summed E-state index contributed by atoms with van der Waals surface area (Å²) in [4.78, 5) is 37.7. The van der Waals surface area contributed by atoms with E-state index in [1.165, 1.54) is 6.07 Å². The summed E-state index contributed by atoms with van der Waals surface area (Å²) in [6.07, 6.45) is 0.688. The maximum atomic E-state index is 11.8. The van der Waals surface area contributed by atoms with E-state index in [9.17, 15) is 19.7 Å². The number of rotatable bonds is 6. The fourth-order valence-electron chi connectivity index (χ4n) is 2.02. The van der Waals surface area contributed by atoms with E-state index in [1.807, 2.05) is 18.2 Å². The lowest BCUT2D eigenvalue weighted by Gasteiger charge is -2.06. The molecule has 0 saturated carbocycles. The van der Waals surface area contributed by atoms with Gasteiger partial charge in [0.25, 0.3) is 5.69 Å². The number of nitro groups is 1. The number of aromatic nitrogens is 1. The Balaban J connectivity index is 2.37. The van der Waals surface area contributed by atoms with Crippen LogP contribution in [0.15, 0.2) is 42.6 Å². The van der Waals surface area contributed by atoms with Gasteiger partial charge < -0.3 is 4.74 Å². The van der Waals surface area contributed by atoms with Gasteiger partial charge in [-0.25, -0.2) is 9.78 Å². The molecule has 2 aromatic rings. The van der Waals surface area contributed by atoms with Crippen molar-refractivity contribution in [3.8, 4) is 11.3 Å². The van der Waals surface area contributed by atoms with E-state index < -0.39 is 23.1 Å². The van der Waals surface area contributed by atoms with Crippen molar-refractivity contribution < 1.29 is 19.2 Å². The van der Waals surface area contributed by atoms with Crippen molar-refractivity contribution in [2.75, 3.05) is 6.61 Å². The number of hydrogen-bond donors (Lipinski definition) is 0. The van der Waals surface area contributed by atoms with Crippen LogP contribution in [-0.4, -0.2) is 28.3 Å². The molecule has 7 nitrogen and oxygen atoms in total. The molecule has 0 N–H and O–H groups in total. The van der Waals surface area contributed by atoms with Crippen LogP contribution in [0.4, 0.5) is 5.69 Å². The van der Waals surface area contributed by atoms with Crippen molar-refractivity contribution in [2.45, 2.75) is 13.3 Å². The summed E-state index contributed by atoms with van der Waals surface area (Å²) < 4.78 is 4.62. The highest BCUT2D eigenvalue weighted by Gasteiger charge is 2.22. The van der Waals surface area contributed by atoms with Gasteiger partial charge in [-0.3, -0.25) is 14.9 Å². The fourth-order valence-corrected chi connectivity index (χ4v) is 2.02. The van der Waals surface area contributed by atoms with E-state index in [-0.39, 0.29) is 17.9 Å². The molecule has 0 aliphatic carbocycles. The summed E-state index contributed by atoms with van der Waals surface area (Å²) in [7, 11) is 0. The second-order valence-electron chi connectivity index (χ2n) is 4.64. The van der Waals surface area contributed by atoms with Crippen LogP contribution >= 0.6 is 0 Å². The Kier molecular flexibility index (Phi) is 5.14. The van der Waals surface area contributed by atoms with Crippen molar-refractivity contribution in [3.05, 3.63) is 58.3 Å². The number of carbonyl (C=O) groups is 2. The Hall–Kier alpha value is -3.09. The third-order valence-corrected chi connectivity index (χ3v) is 3.09. The van der Waals surface area contributed by atoms with Gasteiger partial charge in [0, 0.05) is 17.5 Å². The van der Waals surface area contributed by atoms with Gasteiger partial charge in [0.15, 0.2) is 0 Å². The minimum absolute atomic E-state index is 0.0677. The highest BCUT2D eigenvalue weighted by atomic mass is 16.6. The number of pyridine rings is 1. The average Bonchev–Trinajstić information content (AvgIpc) is 2.55. The van der Waals surface area contributed by atoms with Crippen LogP contribution in [-0.2, 0) is 20.7 Å². The molecule has 0 aliphatic rings. The lowest BCUT2D eigenvalue weighted by Crippen LogP contribution is -2.20. The van der Waals surface area contributed by atoms with Crippen LogP contribution in [0, 0.1) is 10.1 Å². The van der Waals surface area contributed by atoms with Crippen LogP contribution in [0.3, 0.4) is 0 Å². The Morgan fingerprint density at radius 2 is 1.96 bits per heavy atom. The number of nitrogens with zero attached hydrogens (tertiary/aromatic N) is 2. The quantitative estimate of drug-likeness (QED) is 0.351. The molecular weight excluding hydrogens is 300 g/mol. The molecular formula is C16H14N2O5. The van der Waals surface area contributed by atoms with E-state index in [2.05, 4.69) is 9.72 Å². The topological polar surface area (TPSA) is 99.4 Å². The zero-order valence-electron chi connectivity index (χ0n) is 12.4. The number of benzene rings is 1. The molecule has 0 atom stereocenters. The zero-order valence-corrected chi connectivity index (χ0v) is 12.4. The molecule has 0 bridgehead atoms. The van der Waals surface area contributed by atoms with Gasteiger partial charge in [0.1, 0.15) is 6.20 Å². The highest BCUT2D eigenvalue weighted by Crippen LogP contribution is 2.24. The maximum Gasteiger partial charge on any atom is 0.374 e. The van der Waals surface area contributed by atoms with Gasteiger partial charge in [-0.05, 0) is 13.0 Å². The smallest absolute Gasteiger partial charge is 0.374 e. The standard InChI is InChI=1S/C16H14N2O5/c1-2-23-16(20)15(19)9-12-8-13(11-6-4-3-5-7-11)17-10-14(12)18(21)22/h3-8,10H,2,9H2,1H3. The largest absolute Gasteiger partial charge is 0.460 e. The molecule has 1 heterocycles. The van der Waals surface area contributed by atoms with Crippen molar-refractivity contribution in [1.29, 1.82) is 0 Å². The monoisotopic (exact) mass is 314 g/mol. The Morgan fingerprint density at radius 1 is 1.26 bits per heavy atom. The van der Waals surface area contributed by atoms with Crippen LogP contribution in [0.1, 0.15) is 12.5 Å². The van der Waals surface area contributed by atoms with Gasteiger partial charge in [-0.1, -0.05) is 30.3 Å². The van der Waals surface area contributed by atoms with Gasteiger partial charge >= 0.3 is 5.97 Å². The first-order valence-corrected chi connectivity index (χ1v) is 6.91. The second-order valence-corrected chi connectivity index (χ2v) is 4.64. The lowest BCUT2D eigenvalue weighted by molar-refractivity contribution is -0.385. The van der Waals surface area contributed by atoms with E-state index in [0.717, 1.165) is 11.8 Å². The van der Waals surface area contributed by atoms with Crippen molar-refractivity contribution >= 4 is 17.4 Å². The molecule has 1 aromatic heterocycles. The van der Waals surface area contributed by atoms with E-state index >= 15 is 0 Å². The number of hydrogen-bond acceptors (Lipinski definition) is 6. The van der Waals surface area contributed by atoms with E-state index in [0.29, 0.717) is 5.69 Å². The van der Waals surface area contributed by atoms with E-state index in [1.54, 1.807) is 19.1 Å². The number of Topliss-reactive ketones (excluding diaryl/α,β-unsaturated/α-hetero) is 1. The maximum absolute atomic E-state index is 11.8. The number of ketones is 1. The summed E-state index contributed by atoms with van der Waals surface area (Å²) in [6, 6.07) is 10.5. The number of ether oxygens (including phenoxy) is 1. The van der Waals surface area contributed by atoms with Gasteiger partial charge in [-0.2, -0.15) is 0 Å². The average molecular weight is 314 g/mol. The minimum Gasteiger partial charge on any atom is -0.460 e. The predicted molar refractivity (Wildman–Crippen MR) is 81.7 cm³/mol. The van der Waals surface area contributed by atoms with Crippen LogP contribution in [0.2, 0.25) is 0 Å². The van der Waals surface area contributed by atoms with Gasteiger partial charge in [0.2, 0.25) is 5.78 Å². The van der Waals surface area contributed by atoms with Crippen molar-refractivity contribution in [1.82, 2.24) is 4.98 Å². The second kappa shape index (κ2) is 7.26. The molecule has 0 radical (unpaired) electrons. The molecule has 0 fully saturated rings. The molecule has 2 rings (SSSR count). The molecule has 7 heteroatoms. The van der Waals surface area contributed by atoms with Crippen LogP contribution in [0.5, 0.6) is 0 Å². The number of carbonyl (C=O) groups excluding carboxylic acids is 2. The van der Waals surface area contributed by atoms with Crippen molar-refractivity contribution in [3.63, 3.8) is 0 Å². The molecule has 0 aliphatic heterocycles. The van der Waals surface area contributed by atoms with Gasteiger partial charge in [0.05, 0.1) is 17.2 Å². The van der Waals surface area contributed by atoms with Gasteiger partial charge in [-0.15, -0.1) is 0 Å². The van der Waals surface area contributed by atoms with Crippen LogP contribution < -0.4 is 0 Å². The van der Waals surface area contributed by atoms with Crippen LogP contribution in [0.25, 0.3) is 11.3 Å². The first-order chi connectivity index (χ1) is 11.0. The minimum atomic E-state index is -1.00. The highest BCUT2D eigenvalue weighted by molar-refractivity contribution is 6.34. The van der Waals surface area contributed by atoms with E-state index in [4.69, 9.17) is 0 Å². The molecule has 0 spiro atoms. The first kappa shape index (κ1) is 16.3. The third kappa shape index (κ3) is 3.97. The fraction of sp³-hybridized carbons (Fsp3) is 0.188. The predicted octanol–water partition coefficient (Wildman–Crippen LogP) is 2.33. The molecule has 0 saturated heterocycles. The summed E-state index contributed by atoms with van der Waals surface area (Å²) in [6.45, 7) is 1.64. The molecule has 0 amide bonds. The normalized spacial score (nSPS) is 10.1. The van der Waals surface area contributed by atoms with Crippen molar-refractivity contribution in [2.24, 2.45) is 0 Å². The lowest BCUT2D eigenvalue weighted by atomic mass is 10.0.